The van der Waals surface area contributed by atoms with Gasteiger partial charge in [0, 0.05) is 0 Å². The summed E-state index contributed by atoms with van der Waals surface area (Å²) in [4.78, 5) is 5.38. The first-order chi connectivity index (χ1) is 27.3. The van der Waals surface area contributed by atoms with Crippen molar-refractivity contribution in [3.8, 4) is 0 Å². The molecule has 4 aromatic rings. The maximum absolute atomic E-state index is 2.69. The van der Waals surface area contributed by atoms with E-state index in [1.807, 2.05) is 36.4 Å². The Morgan fingerprint density at radius 1 is 0.443 bits per heavy atom. The molecular weight excluding hydrogens is 813 g/mol. The van der Waals surface area contributed by atoms with Crippen molar-refractivity contribution in [2.75, 3.05) is 28.2 Å². The summed E-state index contributed by atoms with van der Waals surface area (Å²) in [6.07, 6.45) is 19.6. The molecule has 0 saturated heterocycles. The zero-order valence-corrected chi connectivity index (χ0v) is 42.3. The molecule has 0 bridgehead atoms. The van der Waals surface area contributed by atoms with E-state index in [0.717, 1.165) is 59.0 Å². The van der Waals surface area contributed by atoms with Crippen molar-refractivity contribution in [3.63, 3.8) is 0 Å². The van der Waals surface area contributed by atoms with Crippen molar-refractivity contribution in [3.05, 3.63) is 185 Å². The first-order valence-electron chi connectivity index (χ1n) is 22.2. The fourth-order valence-corrected chi connectivity index (χ4v) is 12.9. The zero-order chi connectivity index (χ0) is 39.0. The molecule has 10 atom stereocenters. The van der Waals surface area contributed by atoms with E-state index in [1.165, 1.54) is 62.5 Å². The van der Waals surface area contributed by atoms with Crippen LogP contribution in [0.15, 0.2) is 133 Å². The van der Waals surface area contributed by atoms with Crippen LogP contribution in [0.25, 0.3) is 12.2 Å². The minimum absolute atomic E-state index is 0. The van der Waals surface area contributed by atoms with Gasteiger partial charge in [-0.2, -0.15) is 0 Å². The number of hydrogen-bond donors (Lipinski definition) is 0. The molecule has 8 rings (SSSR count). The van der Waals surface area contributed by atoms with Gasteiger partial charge in [-0.05, 0) is 135 Å². The first kappa shape index (κ1) is 54.4. The Morgan fingerprint density at radius 3 is 1.07 bits per heavy atom. The fourth-order valence-electron chi connectivity index (χ4n) is 12.9. The predicted octanol–water partition coefficient (Wildman–Crippen LogP) is 14.6. The van der Waals surface area contributed by atoms with Crippen LogP contribution in [0, 0.1) is 65.2 Å². The minimum Gasteiger partial charge on any atom is -0.358 e. The molecule has 0 radical (unpaired) electrons. The zero-order valence-electron chi connectivity index (χ0n) is 39.8. The molecule has 10 unspecified atom stereocenters. The summed E-state index contributed by atoms with van der Waals surface area (Å²) in [6, 6.07) is 43.7. The Balaban J connectivity index is 0.000000521. The molecule has 61 heavy (non-hydrogen) atoms. The van der Waals surface area contributed by atoms with Crippen molar-refractivity contribution in [2.24, 2.45) is 35.5 Å². The Kier molecular flexibility index (Phi) is 23.3. The average Bonchev–Trinajstić information content (AvgIpc) is 3.74. The second kappa shape index (κ2) is 26.2. The number of hydrogen-bond acceptors (Lipinski definition) is 2. The van der Waals surface area contributed by atoms with Crippen molar-refractivity contribution in [2.45, 2.75) is 88.7 Å². The molecule has 4 aliphatic carbocycles. The molecular formula is C56H80B2N2Zr. The van der Waals surface area contributed by atoms with Gasteiger partial charge < -0.3 is 39.3 Å². The summed E-state index contributed by atoms with van der Waals surface area (Å²) < 4.78 is 0. The van der Waals surface area contributed by atoms with Crippen LogP contribution in [-0.2, 0) is 26.2 Å². The molecule has 2 nitrogen and oxygen atoms in total. The van der Waals surface area contributed by atoms with Crippen LogP contribution < -0.4 is 0 Å². The Labute approximate surface area is 396 Å². The van der Waals surface area contributed by atoms with Gasteiger partial charge in [-0.3, -0.25) is 0 Å². The second-order valence-electron chi connectivity index (χ2n) is 18.6. The molecule has 4 saturated carbocycles. The van der Waals surface area contributed by atoms with E-state index in [2.05, 4.69) is 161 Å². The largest absolute Gasteiger partial charge is 4.00 e. The van der Waals surface area contributed by atoms with Crippen molar-refractivity contribution < 1.29 is 26.2 Å². The maximum Gasteiger partial charge on any atom is 4.00 e. The SMILES string of the molecule is C(/C=C/c1ccccc1)=C\c1ccccc1.CC1CC2C(c3ccccc3)CCCC2C1B(B(C1C(C)CC2C(c3ccccc3)CCCC21)N(C)C)N(C)C.[CH3-].[CH3-].[CH3-].[CH3-].[Zr+4]. The van der Waals surface area contributed by atoms with E-state index < -0.39 is 0 Å². The van der Waals surface area contributed by atoms with Crippen LogP contribution in [0.2, 0.25) is 11.6 Å². The van der Waals surface area contributed by atoms with Gasteiger partial charge >= 0.3 is 26.2 Å². The normalized spacial score (nSPS) is 27.5. The Hall–Kier alpha value is -2.71. The van der Waals surface area contributed by atoms with E-state index in [1.54, 1.807) is 11.1 Å². The summed E-state index contributed by atoms with van der Waals surface area (Å²) in [6.45, 7) is 6.50. The fraction of sp³-hybridized carbons (Fsp3) is 0.429. The molecule has 4 aliphatic rings. The Bertz CT molecular complexity index is 1680. The Morgan fingerprint density at radius 2 is 0.754 bits per heavy atom. The molecule has 0 aromatic heterocycles. The summed E-state index contributed by atoms with van der Waals surface area (Å²) in [5.74, 6) is 8.12. The van der Waals surface area contributed by atoms with Gasteiger partial charge in [0.25, 0.3) is 0 Å². The second-order valence-corrected chi connectivity index (χ2v) is 18.6. The standard InChI is InChI=1S/C36H54B2N2.C16H14.4CH3.Zr/c1-25-23-33-29(27-15-9-7-10-16-27)19-13-21-31(33)35(25)37(39(3)4)38(40(5)6)36-26(2)24-34-30(20-14-22-32(34)36)28-17-11-8-12-18-28;1-3-9-15(10-4-1)13-7-8-14-16-11-5-2-6-12-16;;;;;/h7-12,15-18,25-26,29-36H,13-14,19-24H2,1-6H3;1-14H;4*1H3;/q;;4*-1;+4/b;13-7+,14-8+;;;;;. The van der Waals surface area contributed by atoms with E-state index in [0.29, 0.717) is 13.5 Å². The van der Waals surface area contributed by atoms with Gasteiger partial charge in [-0.25, -0.2) is 0 Å². The van der Waals surface area contributed by atoms with Crippen LogP contribution in [-0.4, -0.2) is 51.3 Å². The summed E-state index contributed by atoms with van der Waals surface area (Å²) in [5.41, 5.74) is 5.66. The summed E-state index contributed by atoms with van der Waals surface area (Å²) in [7, 11) is 9.68. The molecule has 0 amide bonds. The third-order valence-electron chi connectivity index (χ3n) is 14.9. The van der Waals surface area contributed by atoms with Crippen LogP contribution in [0.1, 0.15) is 99.3 Å². The number of rotatable bonds is 10. The molecule has 324 valence electrons. The first-order valence-corrected chi connectivity index (χ1v) is 22.2. The molecule has 4 aromatic carbocycles. The van der Waals surface area contributed by atoms with Gasteiger partial charge in [-0.15, -0.1) is 0 Å². The van der Waals surface area contributed by atoms with E-state index in [4.69, 9.17) is 0 Å². The molecule has 4 fully saturated rings. The molecule has 0 heterocycles. The summed E-state index contributed by atoms with van der Waals surface area (Å²) >= 11 is 0. The van der Waals surface area contributed by atoms with Gasteiger partial charge in [0.2, 0.25) is 13.5 Å². The van der Waals surface area contributed by atoms with E-state index >= 15 is 0 Å². The van der Waals surface area contributed by atoms with Gasteiger partial charge in [-0.1, -0.05) is 185 Å². The van der Waals surface area contributed by atoms with Crippen LogP contribution >= 0.6 is 0 Å². The van der Waals surface area contributed by atoms with Gasteiger partial charge in [0.15, 0.2) is 0 Å². The molecule has 0 spiro atoms. The number of benzene rings is 4. The van der Waals surface area contributed by atoms with E-state index in [-0.39, 0.29) is 55.9 Å². The molecule has 0 N–H and O–H groups in total. The van der Waals surface area contributed by atoms with E-state index in [9.17, 15) is 0 Å². The third kappa shape index (κ3) is 13.0. The molecule has 5 heteroatoms. The average molecular weight is 894 g/mol. The van der Waals surface area contributed by atoms with Crippen LogP contribution in [0.5, 0.6) is 0 Å². The summed E-state index contributed by atoms with van der Waals surface area (Å²) in [5, 5.41) is 0. The number of allylic oxidation sites excluding steroid dienone is 2. The van der Waals surface area contributed by atoms with Crippen LogP contribution in [0.3, 0.4) is 0 Å². The minimum atomic E-state index is 0. The number of fused-ring (bicyclic) bond motifs is 2. The quantitative estimate of drug-likeness (QED) is 0.0889. The maximum atomic E-state index is 2.69. The topological polar surface area (TPSA) is 6.48 Å². The van der Waals surface area contributed by atoms with Gasteiger partial charge in [0.1, 0.15) is 0 Å². The molecule has 0 aliphatic heterocycles. The van der Waals surface area contributed by atoms with Crippen LogP contribution in [0.4, 0.5) is 0 Å². The van der Waals surface area contributed by atoms with Crippen molar-refractivity contribution in [1.29, 1.82) is 0 Å². The number of nitrogens with zero attached hydrogens (tertiary/aromatic N) is 2. The third-order valence-corrected chi connectivity index (χ3v) is 14.9. The smallest absolute Gasteiger partial charge is 0.358 e. The van der Waals surface area contributed by atoms with Gasteiger partial charge in [0.05, 0.1) is 0 Å². The predicted molar refractivity (Wildman–Crippen MR) is 271 cm³/mol. The van der Waals surface area contributed by atoms with Crippen molar-refractivity contribution in [1.82, 2.24) is 9.62 Å². The van der Waals surface area contributed by atoms with Crippen molar-refractivity contribution >= 4 is 25.6 Å². The monoisotopic (exact) mass is 893 g/mol.